The number of rotatable bonds is 3. The van der Waals surface area contributed by atoms with Gasteiger partial charge < -0.3 is 15.0 Å². The lowest BCUT2D eigenvalue weighted by atomic mass is 9.63. The Balaban J connectivity index is 2.34. The van der Waals surface area contributed by atoms with Crippen LogP contribution in [0, 0.1) is 6.92 Å². The third-order valence-corrected chi connectivity index (χ3v) is 4.92. The van der Waals surface area contributed by atoms with Gasteiger partial charge in [0.25, 0.3) is 0 Å². The molecule has 0 atom stereocenters. The van der Waals surface area contributed by atoms with Crippen LogP contribution in [-0.2, 0) is 12.5 Å². The van der Waals surface area contributed by atoms with Crippen LogP contribution >= 0.6 is 0 Å². The number of nitrogens with zero attached hydrogens (tertiary/aromatic N) is 1. The summed E-state index contributed by atoms with van der Waals surface area (Å²) in [4.78, 5) is 0. The summed E-state index contributed by atoms with van der Waals surface area (Å²) in [5.41, 5.74) is 10.2. The number of nitrogens with two attached hydrogens (primary N) is 1. The van der Waals surface area contributed by atoms with Crippen LogP contribution in [0.4, 0.5) is 0 Å². The summed E-state index contributed by atoms with van der Waals surface area (Å²) in [6.07, 6.45) is 3.71. The number of para-hydroxylation sites is 1. The van der Waals surface area contributed by atoms with Crippen molar-refractivity contribution in [3.05, 3.63) is 29.5 Å². The second-order valence-corrected chi connectivity index (χ2v) is 5.71. The van der Waals surface area contributed by atoms with Crippen LogP contribution in [0.5, 0.6) is 5.75 Å². The molecule has 3 heteroatoms. The Hall–Kier alpha value is -1.48. The van der Waals surface area contributed by atoms with Crippen molar-refractivity contribution in [1.29, 1.82) is 0 Å². The van der Waals surface area contributed by atoms with Gasteiger partial charge in [-0.15, -0.1) is 0 Å². The monoisotopic (exact) mass is 258 g/mol. The average Bonchev–Trinajstić information content (AvgIpc) is 2.64. The van der Waals surface area contributed by atoms with Crippen molar-refractivity contribution in [3.8, 4) is 5.75 Å². The van der Waals surface area contributed by atoms with Gasteiger partial charge >= 0.3 is 0 Å². The number of methoxy groups -OCH3 is 1. The Bertz CT molecular complexity index is 618. The van der Waals surface area contributed by atoms with Gasteiger partial charge in [-0.3, -0.25) is 0 Å². The maximum atomic E-state index is 6.10. The summed E-state index contributed by atoms with van der Waals surface area (Å²) in [6.45, 7) is 2.94. The van der Waals surface area contributed by atoms with Crippen molar-refractivity contribution in [2.75, 3.05) is 13.7 Å². The van der Waals surface area contributed by atoms with Gasteiger partial charge in [-0.05, 0) is 31.4 Å². The van der Waals surface area contributed by atoms with E-state index in [0.717, 1.165) is 12.3 Å². The highest BCUT2D eigenvalue weighted by atomic mass is 16.5. The lowest BCUT2D eigenvalue weighted by Crippen LogP contribution is -2.42. The van der Waals surface area contributed by atoms with E-state index < -0.39 is 0 Å². The van der Waals surface area contributed by atoms with Crippen LogP contribution in [0.2, 0.25) is 0 Å². The van der Waals surface area contributed by atoms with Gasteiger partial charge in [0, 0.05) is 30.1 Å². The molecule has 3 rings (SSSR count). The van der Waals surface area contributed by atoms with E-state index in [1.54, 1.807) is 7.11 Å². The van der Waals surface area contributed by atoms with Crippen molar-refractivity contribution < 1.29 is 4.74 Å². The van der Waals surface area contributed by atoms with Crippen molar-refractivity contribution in [2.45, 2.75) is 31.6 Å². The molecule has 0 spiro atoms. The molecule has 2 aromatic rings. The average molecular weight is 258 g/mol. The standard InChI is InChI=1S/C16H22N2O/c1-11-14(16(10-17)8-5-9-16)12-6-4-7-13(19-3)15(12)18(11)2/h4,6-7H,5,8-10,17H2,1-3H3. The molecule has 0 bridgehead atoms. The predicted octanol–water partition coefficient (Wildman–Crippen LogP) is 2.88. The fraction of sp³-hybridized carbons (Fsp3) is 0.500. The number of fused-ring (bicyclic) bond motifs is 1. The number of hydrogen-bond acceptors (Lipinski definition) is 2. The molecule has 0 unspecified atom stereocenters. The minimum atomic E-state index is 0.190. The van der Waals surface area contributed by atoms with Crippen LogP contribution in [0.1, 0.15) is 30.5 Å². The second kappa shape index (κ2) is 4.27. The van der Waals surface area contributed by atoms with E-state index in [9.17, 15) is 0 Å². The topological polar surface area (TPSA) is 40.2 Å². The van der Waals surface area contributed by atoms with E-state index in [1.165, 1.54) is 41.4 Å². The lowest BCUT2D eigenvalue weighted by molar-refractivity contribution is 0.253. The molecule has 102 valence electrons. The highest BCUT2D eigenvalue weighted by Gasteiger charge is 2.41. The summed E-state index contributed by atoms with van der Waals surface area (Å²) in [5, 5.41) is 1.31. The Morgan fingerprint density at radius 3 is 2.63 bits per heavy atom. The summed E-state index contributed by atoms with van der Waals surface area (Å²) in [7, 11) is 3.85. The summed E-state index contributed by atoms with van der Waals surface area (Å²) in [6, 6.07) is 6.31. The maximum absolute atomic E-state index is 6.10. The molecule has 0 saturated heterocycles. The number of aromatic nitrogens is 1. The molecule has 19 heavy (non-hydrogen) atoms. The first-order valence-electron chi connectivity index (χ1n) is 6.97. The second-order valence-electron chi connectivity index (χ2n) is 5.71. The molecule has 0 amide bonds. The van der Waals surface area contributed by atoms with Crippen LogP contribution in [-0.4, -0.2) is 18.2 Å². The largest absolute Gasteiger partial charge is 0.495 e. The zero-order chi connectivity index (χ0) is 13.6. The van der Waals surface area contributed by atoms with E-state index in [2.05, 4.69) is 30.7 Å². The first-order chi connectivity index (χ1) is 9.14. The smallest absolute Gasteiger partial charge is 0.143 e. The Labute approximate surface area is 114 Å². The van der Waals surface area contributed by atoms with E-state index >= 15 is 0 Å². The normalized spacial score (nSPS) is 17.5. The van der Waals surface area contributed by atoms with Crippen molar-refractivity contribution >= 4 is 10.9 Å². The van der Waals surface area contributed by atoms with E-state index in [-0.39, 0.29) is 5.41 Å². The van der Waals surface area contributed by atoms with Gasteiger partial charge in [-0.25, -0.2) is 0 Å². The van der Waals surface area contributed by atoms with Gasteiger partial charge in [0.2, 0.25) is 0 Å². The van der Waals surface area contributed by atoms with Crippen LogP contribution in [0.3, 0.4) is 0 Å². The molecular formula is C16H22N2O. The minimum Gasteiger partial charge on any atom is -0.495 e. The number of aryl methyl sites for hydroxylation is 1. The zero-order valence-electron chi connectivity index (χ0n) is 12.0. The van der Waals surface area contributed by atoms with Crippen LogP contribution < -0.4 is 10.5 Å². The Kier molecular flexibility index (Phi) is 2.82. The Morgan fingerprint density at radius 1 is 1.37 bits per heavy atom. The van der Waals surface area contributed by atoms with Gasteiger partial charge in [0.15, 0.2) is 0 Å². The molecule has 1 aromatic heterocycles. The molecular weight excluding hydrogens is 236 g/mol. The van der Waals surface area contributed by atoms with Gasteiger partial charge in [0.05, 0.1) is 12.6 Å². The van der Waals surface area contributed by atoms with Gasteiger partial charge in [-0.2, -0.15) is 0 Å². The molecule has 0 aliphatic heterocycles. The highest BCUT2D eigenvalue weighted by Crippen LogP contribution is 2.48. The summed E-state index contributed by atoms with van der Waals surface area (Å²) < 4.78 is 7.77. The predicted molar refractivity (Wildman–Crippen MR) is 78.8 cm³/mol. The van der Waals surface area contributed by atoms with E-state index in [4.69, 9.17) is 10.5 Å². The molecule has 1 saturated carbocycles. The maximum Gasteiger partial charge on any atom is 0.143 e. The van der Waals surface area contributed by atoms with E-state index in [0.29, 0.717) is 0 Å². The highest BCUT2D eigenvalue weighted by molar-refractivity contribution is 5.91. The van der Waals surface area contributed by atoms with Crippen molar-refractivity contribution in [1.82, 2.24) is 4.57 Å². The summed E-state index contributed by atoms with van der Waals surface area (Å²) >= 11 is 0. The number of hydrogen-bond donors (Lipinski definition) is 1. The van der Waals surface area contributed by atoms with Gasteiger partial charge in [-0.1, -0.05) is 18.6 Å². The number of ether oxygens (including phenoxy) is 1. The van der Waals surface area contributed by atoms with Crippen LogP contribution in [0.15, 0.2) is 18.2 Å². The molecule has 1 heterocycles. The zero-order valence-corrected chi connectivity index (χ0v) is 12.0. The molecule has 2 N–H and O–H groups in total. The lowest BCUT2D eigenvalue weighted by Gasteiger charge is -2.41. The van der Waals surface area contributed by atoms with Crippen molar-refractivity contribution in [3.63, 3.8) is 0 Å². The first-order valence-corrected chi connectivity index (χ1v) is 6.97. The molecule has 1 aliphatic rings. The quantitative estimate of drug-likeness (QED) is 0.919. The fourth-order valence-corrected chi connectivity index (χ4v) is 3.59. The van der Waals surface area contributed by atoms with Gasteiger partial charge in [0.1, 0.15) is 5.75 Å². The molecule has 0 radical (unpaired) electrons. The Morgan fingerprint density at radius 2 is 2.11 bits per heavy atom. The third-order valence-electron chi connectivity index (χ3n) is 4.92. The molecule has 1 aromatic carbocycles. The van der Waals surface area contributed by atoms with Crippen LogP contribution in [0.25, 0.3) is 10.9 Å². The van der Waals surface area contributed by atoms with E-state index in [1.807, 2.05) is 6.07 Å². The minimum absolute atomic E-state index is 0.190. The number of benzene rings is 1. The fourth-order valence-electron chi connectivity index (χ4n) is 3.59. The third kappa shape index (κ3) is 1.54. The van der Waals surface area contributed by atoms with Crippen molar-refractivity contribution in [2.24, 2.45) is 12.8 Å². The summed E-state index contributed by atoms with van der Waals surface area (Å²) in [5.74, 6) is 0.945. The molecule has 3 nitrogen and oxygen atoms in total. The first kappa shape index (κ1) is 12.5. The SMILES string of the molecule is COc1cccc2c(C3(CN)CCC3)c(C)n(C)c12. The molecule has 1 aliphatic carbocycles. The molecule has 1 fully saturated rings.